The minimum atomic E-state index is -0.135. The summed E-state index contributed by atoms with van der Waals surface area (Å²) in [4.78, 5) is 12.2. The highest BCUT2D eigenvalue weighted by Crippen LogP contribution is 2.25. The van der Waals surface area contributed by atoms with Crippen molar-refractivity contribution < 1.29 is 13.9 Å². The SMILES string of the molecule is COc1ccc(C)cc1NC(=O)CCc1nnc(-c2cccc(C)c2)o1. The zero-order valence-corrected chi connectivity index (χ0v) is 15.1. The maximum absolute atomic E-state index is 12.2. The zero-order valence-electron chi connectivity index (χ0n) is 15.1. The van der Waals surface area contributed by atoms with E-state index in [4.69, 9.17) is 9.15 Å². The van der Waals surface area contributed by atoms with Gasteiger partial charge in [-0.25, -0.2) is 0 Å². The van der Waals surface area contributed by atoms with Crippen LogP contribution in [0.1, 0.15) is 23.4 Å². The molecule has 1 amide bonds. The summed E-state index contributed by atoms with van der Waals surface area (Å²) in [5.41, 5.74) is 3.69. The second-order valence-electron chi connectivity index (χ2n) is 6.12. The van der Waals surface area contributed by atoms with Crippen molar-refractivity contribution >= 4 is 11.6 Å². The molecule has 0 atom stereocenters. The summed E-state index contributed by atoms with van der Waals surface area (Å²) in [6, 6.07) is 13.5. The van der Waals surface area contributed by atoms with E-state index in [1.54, 1.807) is 7.11 Å². The van der Waals surface area contributed by atoms with E-state index in [1.165, 1.54) is 0 Å². The summed E-state index contributed by atoms with van der Waals surface area (Å²) in [6.07, 6.45) is 0.616. The molecule has 0 saturated heterocycles. The van der Waals surface area contributed by atoms with E-state index in [1.807, 2.05) is 56.3 Å². The lowest BCUT2D eigenvalue weighted by Gasteiger charge is -2.10. The van der Waals surface area contributed by atoms with E-state index in [0.29, 0.717) is 29.6 Å². The fourth-order valence-corrected chi connectivity index (χ4v) is 2.60. The monoisotopic (exact) mass is 351 g/mol. The highest BCUT2D eigenvalue weighted by molar-refractivity contribution is 5.92. The second kappa shape index (κ2) is 7.82. The van der Waals surface area contributed by atoms with Crippen LogP contribution in [0.2, 0.25) is 0 Å². The molecule has 1 aromatic heterocycles. The van der Waals surface area contributed by atoms with Crippen LogP contribution in [0.5, 0.6) is 5.75 Å². The molecule has 6 nitrogen and oxygen atoms in total. The predicted molar refractivity (Wildman–Crippen MR) is 99.2 cm³/mol. The molecule has 0 aliphatic heterocycles. The van der Waals surface area contributed by atoms with Gasteiger partial charge in [0.1, 0.15) is 5.75 Å². The van der Waals surface area contributed by atoms with Gasteiger partial charge in [0.2, 0.25) is 17.7 Å². The zero-order chi connectivity index (χ0) is 18.5. The first-order chi connectivity index (χ1) is 12.5. The topological polar surface area (TPSA) is 77.2 Å². The molecule has 0 saturated carbocycles. The van der Waals surface area contributed by atoms with Crippen molar-refractivity contribution in [2.45, 2.75) is 26.7 Å². The van der Waals surface area contributed by atoms with E-state index in [-0.39, 0.29) is 12.3 Å². The first-order valence-electron chi connectivity index (χ1n) is 8.39. The maximum atomic E-state index is 12.2. The quantitative estimate of drug-likeness (QED) is 0.728. The molecule has 1 heterocycles. The van der Waals surface area contributed by atoms with Crippen molar-refractivity contribution in [2.75, 3.05) is 12.4 Å². The molecule has 2 aromatic carbocycles. The average Bonchev–Trinajstić information content (AvgIpc) is 3.09. The van der Waals surface area contributed by atoms with Gasteiger partial charge in [0.15, 0.2) is 0 Å². The Labute approximate surface area is 152 Å². The van der Waals surface area contributed by atoms with Crippen LogP contribution in [0.3, 0.4) is 0 Å². The Morgan fingerprint density at radius 2 is 1.92 bits per heavy atom. The average molecular weight is 351 g/mol. The summed E-state index contributed by atoms with van der Waals surface area (Å²) < 4.78 is 10.9. The van der Waals surface area contributed by atoms with E-state index in [9.17, 15) is 4.79 Å². The number of anilines is 1. The summed E-state index contributed by atoms with van der Waals surface area (Å²) in [5.74, 6) is 1.39. The number of carbonyl (C=O) groups excluding carboxylic acids is 1. The highest BCUT2D eigenvalue weighted by Gasteiger charge is 2.12. The van der Waals surface area contributed by atoms with Gasteiger partial charge in [0.25, 0.3) is 0 Å². The number of rotatable bonds is 6. The molecule has 26 heavy (non-hydrogen) atoms. The molecule has 0 fully saturated rings. The molecule has 0 spiro atoms. The number of nitrogens with zero attached hydrogens (tertiary/aromatic N) is 2. The molecule has 0 unspecified atom stereocenters. The minimum Gasteiger partial charge on any atom is -0.495 e. The van der Waals surface area contributed by atoms with Crippen molar-refractivity contribution in [1.82, 2.24) is 10.2 Å². The molecule has 0 radical (unpaired) electrons. The lowest BCUT2D eigenvalue weighted by Crippen LogP contribution is -2.13. The number of amides is 1. The molecule has 3 rings (SSSR count). The Morgan fingerprint density at radius 1 is 1.12 bits per heavy atom. The normalized spacial score (nSPS) is 10.6. The predicted octanol–water partition coefficient (Wildman–Crippen LogP) is 3.93. The Bertz CT molecular complexity index is 918. The van der Waals surface area contributed by atoms with Crippen molar-refractivity contribution in [3.8, 4) is 17.2 Å². The molecule has 134 valence electrons. The van der Waals surface area contributed by atoms with Crippen molar-refractivity contribution in [2.24, 2.45) is 0 Å². The van der Waals surface area contributed by atoms with Gasteiger partial charge in [-0.1, -0.05) is 23.8 Å². The van der Waals surface area contributed by atoms with Crippen LogP contribution in [0.25, 0.3) is 11.5 Å². The Morgan fingerprint density at radius 3 is 2.69 bits per heavy atom. The lowest BCUT2D eigenvalue weighted by atomic mass is 10.1. The molecular weight excluding hydrogens is 330 g/mol. The fourth-order valence-electron chi connectivity index (χ4n) is 2.60. The third-order valence-electron chi connectivity index (χ3n) is 3.93. The summed E-state index contributed by atoms with van der Waals surface area (Å²) in [7, 11) is 1.57. The number of nitrogens with one attached hydrogen (secondary N) is 1. The van der Waals surface area contributed by atoms with Gasteiger partial charge in [-0.15, -0.1) is 10.2 Å². The van der Waals surface area contributed by atoms with Crippen molar-refractivity contribution in [1.29, 1.82) is 0 Å². The van der Waals surface area contributed by atoms with E-state index < -0.39 is 0 Å². The van der Waals surface area contributed by atoms with Gasteiger partial charge < -0.3 is 14.5 Å². The van der Waals surface area contributed by atoms with Gasteiger partial charge in [0, 0.05) is 18.4 Å². The van der Waals surface area contributed by atoms with Gasteiger partial charge in [-0.2, -0.15) is 0 Å². The van der Waals surface area contributed by atoms with Crippen LogP contribution in [0.15, 0.2) is 46.9 Å². The van der Waals surface area contributed by atoms with Crippen LogP contribution in [0, 0.1) is 13.8 Å². The first kappa shape index (κ1) is 17.7. The van der Waals surface area contributed by atoms with Crippen LogP contribution >= 0.6 is 0 Å². The van der Waals surface area contributed by atoms with Crippen LogP contribution in [-0.4, -0.2) is 23.2 Å². The third-order valence-corrected chi connectivity index (χ3v) is 3.93. The number of hydrogen-bond donors (Lipinski definition) is 1. The van der Waals surface area contributed by atoms with Crippen molar-refractivity contribution in [3.05, 3.63) is 59.5 Å². The highest BCUT2D eigenvalue weighted by atomic mass is 16.5. The van der Waals surface area contributed by atoms with E-state index in [2.05, 4.69) is 15.5 Å². The number of methoxy groups -OCH3 is 1. The molecule has 3 aromatic rings. The molecular formula is C20H21N3O3. The van der Waals surface area contributed by atoms with Crippen LogP contribution in [0.4, 0.5) is 5.69 Å². The Kier molecular flexibility index (Phi) is 5.31. The van der Waals surface area contributed by atoms with Gasteiger partial charge in [0.05, 0.1) is 12.8 Å². The Hall–Kier alpha value is -3.15. The molecule has 0 aliphatic carbocycles. The largest absolute Gasteiger partial charge is 0.495 e. The minimum absolute atomic E-state index is 0.135. The molecule has 0 bridgehead atoms. The molecule has 6 heteroatoms. The summed E-state index contributed by atoms with van der Waals surface area (Å²) in [5, 5.41) is 11.0. The van der Waals surface area contributed by atoms with Gasteiger partial charge >= 0.3 is 0 Å². The van der Waals surface area contributed by atoms with Gasteiger partial charge in [-0.05, 0) is 43.7 Å². The number of carbonyl (C=O) groups is 1. The number of hydrogen-bond acceptors (Lipinski definition) is 5. The smallest absolute Gasteiger partial charge is 0.247 e. The molecule has 1 N–H and O–H groups in total. The van der Waals surface area contributed by atoms with E-state index in [0.717, 1.165) is 16.7 Å². The van der Waals surface area contributed by atoms with E-state index >= 15 is 0 Å². The van der Waals surface area contributed by atoms with Crippen LogP contribution in [-0.2, 0) is 11.2 Å². The van der Waals surface area contributed by atoms with Crippen molar-refractivity contribution in [3.63, 3.8) is 0 Å². The maximum Gasteiger partial charge on any atom is 0.247 e. The summed E-state index contributed by atoms with van der Waals surface area (Å²) >= 11 is 0. The standard InChI is InChI=1S/C20H21N3O3/c1-13-5-4-6-15(11-13)20-23-22-19(26-20)10-9-18(24)21-16-12-14(2)7-8-17(16)25-3/h4-8,11-12H,9-10H2,1-3H3,(H,21,24). The Balaban J connectivity index is 1.61. The summed E-state index contributed by atoms with van der Waals surface area (Å²) in [6.45, 7) is 3.96. The second-order valence-corrected chi connectivity index (χ2v) is 6.12. The first-order valence-corrected chi connectivity index (χ1v) is 8.39. The molecule has 0 aliphatic rings. The third kappa shape index (κ3) is 4.27. The fraction of sp³-hybridized carbons (Fsp3) is 0.250. The number of aromatic nitrogens is 2. The number of aryl methyl sites for hydroxylation is 3. The number of benzene rings is 2. The van der Waals surface area contributed by atoms with Crippen LogP contribution < -0.4 is 10.1 Å². The lowest BCUT2D eigenvalue weighted by molar-refractivity contribution is -0.116. The number of ether oxygens (including phenoxy) is 1. The van der Waals surface area contributed by atoms with Gasteiger partial charge in [-0.3, -0.25) is 4.79 Å².